The molecule has 0 aliphatic carbocycles. The molecule has 9 heteroatoms. The second-order valence-electron chi connectivity index (χ2n) is 8.22. The van der Waals surface area contributed by atoms with Gasteiger partial charge in [-0.2, -0.15) is 0 Å². The molecule has 0 unspecified atom stereocenters. The molecule has 0 heterocycles. The summed E-state index contributed by atoms with van der Waals surface area (Å²) >= 11 is 0. The highest BCUT2D eigenvalue weighted by Crippen LogP contribution is 2.14. The van der Waals surface area contributed by atoms with Gasteiger partial charge < -0.3 is 29.6 Å². The normalized spacial score (nSPS) is 10.0. The first-order chi connectivity index (χ1) is 18.4. The first kappa shape index (κ1) is 29.7. The number of hydrogen-bond acceptors (Lipinski definition) is 6. The number of carbonyl (C=O) groups excluding carboxylic acids is 3. The fourth-order valence-corrected chi connectivity index (χ4v) is 3.40. The first-order valence-corrected chi connectivity index (χ1v) is 11.9. The van der Waals surface area contributed by atoms with Crippen LogP contribution in [0.3, 0.4) is 0 Å². The summed E-state index contributed by atoms with van der Waals surface area (Å²) in [4.78, 5) is 45.2. The number of hydrogen-bond donors (Lipinski definition) is 2. The van der Waals surface area contributed by atoms with Gasteiger partial charge in [0.15, 0.2) is 6.61 Å². The molecule has 0 saturated heterocycles. The number of carboxylic acids is 1. The predicted molar refractivity (Wildman–Crippen MR) is 143 cm³/mol. The molecular formula is C29H32N2O7. The molecule has 0 aromatic heterocycles. The molecule has 2 N–H and O–H groups in total. The number of rotatable bonds is 13. The second kappa shape index (κ2) is 16.3. The fraction of sp³-hybridized carbons (Fsp3) is 0.241. The third-order valence-electron chi connectivity index (χ3n) is 5.35. The molecule has 3 aromatic carbocycles. The van der Waals surface area contributed by atoms with Gasteiger partial charge in [-0.05, 0) is 60.9 Å². The Balaban J connectivity index is 0.00000247. The van der Waals surface area contributed by atoms with Gasteiger partial charge in [0.25, 0.3) is 11.8 Å². The van der Waals surface area contributed by atoms with E-state index in [4.69, 9.17) is 19.4 Å². The molecule has 200 valence electrons. The van der Waals surface area contributed by atoms with Gasteiger partial charge in [-0.1, -0.05) is 36.4 Å². The van der Waals surface area contributed by atoms with Gasteiger partial charge in [0.05, 0.1) is 12.2 Å². The molecule has 3 aromatic rings. The van der Waals surface area contributed by atoms with Crippen LogP contribution in [0.4, 0.5) is 5.69 Å². The van der Waals surface area contributed by atoms with Crippen LogP contribution in [0.25, 0.3) is 0 Å². The number of ether oxygens (including phenoxy) is 2. The Bertz CT molecular complexity index is 1170. The van der Waals surface area contributed by atoms with Crippen LogP contribution in [0.2, 0.25) is 0 Å². The molecule has 0 spiro atoms. The molecule has 0 saturated carbocycles. The molecule has 0 atom stereocenters. The quantitative estimate of drug-likeness (QED) is 0.323. The minimum atomic E-state index is -1.06. The summed E-state index contributed by atoms with van der Waals surface area (Å²) in [6, 6.07) is 22.5. The van der Waals surface area contributed by atoms with Crippen molar-refractivity contribution in [2.24, 2.45) is 0 Å². The van der Waals surface area contributed by atoms with Crippen molar-refractivity contribution >= 4 is 30.3 Å². The topological polar surface area (TPSA) is 122 Å². The Morgan fingerprint density at radius 2 is 1.58 bits per heavy atom. The summed E-state index contributed by atoms with van der Waals surface area (Å²) in [5, 5.41) is 11.6. The molecule has 2 amide bonds. The maximum Gasteiger partial charge on any atom is 0.335 e. The maximum absolute atomic E-state index is 12.3. The van der Waals surface area contributed by atoms with Crippen molar-refractivity contribution in [2.75, 3.05) is 32.1 Å². The van der Waals surface area contributed by atoms with E-state index in [-0.39, 0.29) is 24.0 Å². The Kier molecular flexibility index (Phi) is 12.7. The van der Waals surface area contributed by atoms with E-state index >= 15 is 0 Å². The van der Waals surface area contributed by atoms with E-state index in [9.17, 15) is 14.4 Å². The molecule has 38 heavy (non-hydrogen) atoms. The third kappa shape index (κ3) is 10.2. The lowest BCUT2D eigenvalue weighted by Crippen LogP contribution is -2.27. The zero-order valence-electron chi connectivity index (χ0n) is 21.3. The van der Waals surface area contributed by atoms with Crippen LogP contribution in [0.1, 0.15) is 39.1 Å². The van der Waals surface area contributed by atoms with Gasteiger partial charge in [-0.3, -0.25) is 9.59 Å². The monoisotopic (exact) mass is 520 g/mol. The fourth-order valence-electron chi connectivity index (χ4n) is 3.40. The molecule has 0 aliphatic heterocycles. The van der Waals surface area contributed by atoms with Gasteiger partial charge in [0, 0.05) is 31.5 Å². The SMILES string of the molecule is C=O.CN(CCCCOCc1ccc(OCC(=O)Nc2cccc(C(=O)O)c2)cc1)C(=O)c1ccccc1. The lowest BCUT2D eigenvalue weighted by atomic mass is 10.2. The van der Waals surface area contributed by atoms with Crippen molar-refractivity contribution < 1.29 is 33.8 Å². The van der Waals surface area contributed by atoms with Gasteiger partial charge >= 0.3 is 5.97 Å². The number of benzene rings is 3. The van der Waals surface area contributed by atoms with E-state index in [0.29, 0.717) is 36.8 Å². The van der Waals surface area contributed by atoms with E-state index < -0.39 is 5.97 Å². The predicted octanol–water partition coefficient (Wildman–Crippen LogP) is 4.29. The average Bonchev–Trinajstić information content (AvgIpc) is 2.95. The van der Waals surface area contributed by atoms with Crippen LogP contribution in [0.5, 0.6) is 5.75 Å². The number of aromatic carboxylic acids is 1. The Morgan fingerprint density at radius 1 is 0.895 bits per heavy atom. The third-order valence-corrected chi connectivity index (χ3v) is 5.35. The minimum Gasteiger partial charge on any atom is -0.484 e. The summed E-state index contributed by atoms with van der Waals surface area (Å²) in [7, 11) is 1.81. The molecule has 0 bridgehead atoms. The lowest BCUT2D eigenvalue weighted by Gasteiger charge is -2.17. The van der Waals surface area contributed by atoms with Crippen LogP contribution < -0.4 is 10.1 Å². The zero-order chi connectivity index (χ0) is 27.8. The standard InChI is InChI=1S/C28H30N2O6.CH2O/c1-30(27(32)22-8-3-2-4-9-22)16-5-6-17-35-19-21-12-14-25(15-13-21)36-20-26(31)29-24-11-7-10-23(18-24)28(33)34;1-2/h2-4,7-15,18H,5-6,16-17,19-20H2,1H3,(H,29,31)(H,33,34);1H2. The van der Waals surface area contributed by atoms with Crippen molar-refractivity contribution in [2.45, 2.75) is 19.4 Å². The van der Waals surface area contributed by atoms with Gasteiger partial charge in [0.2, 0.25) is 0 Å². The molecule has 3 rings (SSSR count). The van der Waals surface area contributed by atoms with Crippen LogP contribution in [-0.4, -0.2) is 61.4 Å². The lowest BCUT2D eigenvalue weighted by molar-refractivity contribution is -0.118. The highest BCUT2D eigenvalue weighted by atomic mass is 16.5. The van der Waals surface area contributed by atoms with Crippen molar-refractivity contribution in [1.82, 2.24) is 4.90 Å². The number of amides is 2. The van der Waals surface area contributed by atoms with E-state index in [0.717, 1.165) is 18.4 Å². The number of carbonyl (C=O) groups is 4. The van der Waals surface area contributed by atoms with Crippen LogP contribution in [0.15, 0.2) is 78.9 Å². The van der Waals surface area contributed by atoms with Crippen LogP contribution in [-0.2, 0) is 20.9 Å². The highest BCUT2D eigenvalue weighted by molar-refractivity contribution is 5.95. The van der Waals surface area contributed by atoms with Crippen molar-refractivity contribution in [1.29, 1.82) is 0 Å². The number of nitrogens with zero attached hydrogens (tertiary/aromatic N) is 1. The Labute approximate surface area is 222 Å². The number of carboxylic acid groups (broad SMARTS) is 1. The van der Waals surface area contributed by atoms with Gasteiger partial charge in [0.1, 0.15) is 12.5 Å². The number of nitrogens with one attached hydrogen (secondary N) is 1. The summed E-state index contributed by atoms with van der Waals surface area (Å²) in [5.74, 6) is -0.890. The second-order valence-corrected chi connectivity index (χ2v) is 8.22. The molecule has 0 radical (unpaired) electrons. The minimum absolute atomic E-state index is 0.0173. The summed E-state index contributed by atoms with van der Waals surface area (Å²) in [6.07, 6.45) is 1.70. The van der Waals surface area contributed by atoms with Crippen LogP contribution >= 0.6 is 0 Å². The van der Waals surface area contributed by atoms with Gasteiger partial charge in [-0.25, -0.2) is 4.79 Å². The van der Waals surface area contributed by atoms with E-state index in [1.54, 1.807) is 36.2 Å². The van der Waals surface area contributed by atoms with Crippen molar-refractivity contribution in [3.8, 4) is 5.75 Å². The number of anilines is 1. The highest BCUT2D eigenvalue weighted by Gasteiger charge is 2.10. The summed E-state index contributed by atoms with van der Waals surface area (Å²) in [5.41, 5.74) is 2.16. The molecule has 9 nitrogen and oxygen atoms in total. The van der Waals surface area contributed by atoms with Crippen molar-refractivity contribution in [3.05, 3.63) is 95.6 Å². The Morgan fingerprint density at radius 3 is 2.26 bits per heavy atom. The van der Waals surface area contributed by atoms with E-state index in [1.807, 2.05) is 49.3 Å². The maximum atomic E-state index is 12.3. The smallest absolute Gasteiger partial charge is 0.335 e. The molecule has 0 aliphatic rings. The zero-order valence-corrected chi connectivity index (χ0v) is 21.3. The summed E-state index contributed by atoms with van der Waals surface area (Å²) in [6.45, 7) is 3.52. The van der Waals surface area contributed by atoms with Crippen LogP contribution in [0, 0.1) is 0 Å². The Hall–Kier alpha value is -4.50. The largest absolute Gasteiger partial charge is 0.484 e. The molecular weight excluding hydrogens is 488 g/mol. The van der Waals surface area contributed by atoms with E-state index in [2.05, 4.69) is 5.32 Å². The molecule has 0 fully saturated rings. The van der Waals surface area contributed by atoms with Crippen molar-refractivity contribution in [3.63, 3.8) is 0 Å². The first-order valence-electron chi connectivity index (χ1n) is 11.9. The summed E-state index contributed by atoms with van der Waals surface area (Å²) < 4.78 is 11.2. The number of unbranched alkanes of at least 4 members (excludes halogenated alkanes) is 1. The van der Waals surface area contributed by atoms with E-state index in [1.165, 1.54) is 12.1 Å². The van der Waals surface area contributed by atoms with Gasteiger partial charge in [-0.15, -0.1) is 0 Å². The average molecular weight is 521 g/mol.